The maximum atomic E-state index is 13.7. The number of nitrogens with one attached hydrogen (secondary N) is 1. The van der Waals surface area contributed by atoms with E-state index in [4.69, 9.17) is 10.5 Å². The fourth-order valence-electron chi connectivity index (χ4n) is 6.36. The van der Waals surface area contributed by atoms with Gasteiger partial charge in [0.15, 0.2) is 0 Å². The van der Waals surface area contributed by atoms with Crippen molar-refractivity contribution in [3.8, 4) is 0 Å². The molecule has 3 aliphatic rings. The maximum absolute atomic E-state index is 13.7. The molecule has 5 rings (SSSR count). The number of hydrogen-bond donors (Lipinski definition) is 3. The summed E-state index contributed by atoms with van der Waals surface area (Å²) in [5.41, 5.74) is 7.63. The number of carbonyl (C=O) groups is 1. The molecule has 3 unspecified atom stereocenters. The van der Waals surface area contributed by atoms with Gasteiger partial charge >= 0.3 is 0 Å². The molecule has 2 fully saturated rings. The van der Waals surface area contributed by atoms with Crippen LogP contribution in [-0.2, 0) is 16.3 Å². The van der Waals surface area contributed by atoms with Crippen LogP contribution < -0.4 is 16.0 Å². The third kappa shape index (κ3) is 4.96. The van der Waals surface area contributed by atoms with Crippen molar-refractivity contribution >= 4 is 11.6 Å². The van der Waals surface area contributed by atoms with Gasteiger partial charge in [-0.2, -0.15) is 8.78 Å². The first-order valence-electron chi connectivity index (χ1n) is 13.0. The Bertz CT molecular complexity index is 1180. The number of alkyl halides is 2. The van der Waals surface area contributed by atoms with Gasteiger partial charge in [-0.25, -0.2) is 0 Å². The number of carbonyl (C=O) groups excluding carboxylic acids is 1. The van der Waals surface area contributed by atoms with Crippen LogP contribution in [0, 0.1) is 5.92 Å². The number of morpholine rings is 1. The predicted molar refractivity (Wildman–Crippen MR) is 137 cm³/mol. The lowest BCUT2D eigenvalue weighted by Gasteiger charge is -2.53. The number of ether oxygens (including phenoxy) is 1. The molecule has 2 aliphatic heterocycles. The van der Waals surface area contributed by atoms with Gasteiger partial charge < -0.3 is 25.8 Å². The SMILES string of the molecule is C[C@H]1CCC(NC(=O)c2ccnc(C(C)(F)F)c2)CC1c1ccc2c(c1)N1CCOC[C@]1(N)CC2(C)O. The average molecular weight is 515 g/mol. The zero-order valence-electron chi connectivity index (χ0n) is 21.6. The van der Waals surface area contributed by atoms with Crippen LogP contribution >= 0.6 is 0 Å². The van der Waals surface area contributed by atoms with Gasteiger partial charge in [0.25, 0.3) is 11.8 Å². The lowest BCUT2D eigenvalue weighted by Crippen LogP contribution is -2.68. The van der Waals surface area contributed by atoms with Crippen LogP contribution in [-0.4, -0.2) is 47.5 Å². The summed E-state index contributed by atoms with van der Waals surface area (Å²) in [6, 6.07) is 8.79. The number of pyridine rings is 1. The molecule has 9 heteroatoms. The number of halogens is 2. The van der Waals surface area contributed by atoms with Crippen LogP contribution in [0.2, 0.25) is 0 Å². The molecule has 1 amide bonds. The van der Waals surface area contributed by atoms with Crippen LogP contribution in [0.3, 0.4) is 0 Å². The number of nitrogens with zero attached hydrogens (tertiary/aromatic N) is 2. The lowest BCUT2D eigenvalue weighted by atomic mass is 9.72. The summed E-state index contributed by atoms with van der Waals surface area (Å²) >= 11 is 0. The highest BCUT2D eigenvalue weighted by molar-refractivity contribution is 5.94. The Kier molecular flexibility index (Phi) is 6.53. The molecule has 5 atom stereocenters. The van der Waals surface area contributed by atoms with Crippen LogP contribution in [0.15, 0.2) is 36.5 Å². The topological polar surface area (TPSA) is 101 Å². The summed E-state index contributed by atoms with van der Waals surface area (Å²) in [5.74, 6) is -2.89. The second-order valence-corrected chi connectivity index (χ2v) is 11.4. The molecule has 7 nitrogen and oxygen atoms in total. The first-order valence-corrected chi connectivity index (χ1v) is 13.0. The van der Waals surface area contributed by atoms with Crippen molar-refractivity contribution < 1.29 is 23.4 Å². The Labute approximate surface area is 216 Å². The number of fused-ring (bicyclic) bond motifs is 3. The predicted octanol–water partition coefficient (Wildman–Crippen LogP) is 4.00. The van der Waals surface area contributed by atoms with Crippen LogP contribution in [0.1, 0.15) is 79.6 Å². The van der Waals surface area contributed by atoms with Gasteiger partial charge in [-0.1, -0.05) is 19.1 Å². The highest BCUT2D eigenvalue weighted by atomic mass is 19.3. The molecule has 1 saturated carbocycles. The first-order chi connectivity index (χ1) is 17.4. The van der Waals surface area contributed by atoms with Crippen LogP contribution in [0.5, 0.6) is 0 Å². The van der Waals surface area contributed by atoms with Gasteiger partial charge in [-0.05, 0) is 61.8 Å². The van der Waals surface area contributed by atoms with E-state index in [2.05, 4.69) is 34.3 Å². The Morgan fingerprint density at radius 3 is 2.84 bits per heavy atom. The molecule has 1 aromatic heterocycles. The quantitative estimate of drug-likeness (QED) is 0.570. The van der Waals surface area contributed by atoms with Crippen molar-refractivity contribution in [2.24, 2.45) is 11.7 Å². The van der Waals surface area contributed by atoms with Gasteiger partial charge in [0.2, 0.25) is 0 Å². The fraction of sp³-hybridized carbons (Fsp3) is 0.571. The normalized spacial score (nSPS) is 31.9. The molecule has 3 heterocycles. The summed E-state index contributed by atoms with van der Waals surface area (Å²) in [5, 5.41) is 14.3. The van der Waals surface area contributed by atoms with Gasteiger partial charge in [0.05, 0.1) is 18.8 Å². The Morgan fingerprint density at radius 1 is 1.30 bits per heavy atom. The standard InChI is InChI=1S/C28H36F2N4O3/c1-17-4-6-20(33-25(35)19-8-9-32-24(13-19)27(3,29)30)14-21(17)18-5-7-22-23(12-18)34-10-11-37-16-28(34,31)15-26(22,2)36/h5,7-9,12-13,17,20-21,36H,4,6,10-11,14-16,31H2,1-3H3,(H,33,35)/t17-,20?,21?,26?,28-/m0/s1. The zero-order chi connectivity index (χ0) is 26.6. The number of anilines is 1. The zero-order valence-corrected chi connectivity index (χ0v) is 21.6. The first kappa shape index (κ1) is 26.0. The summed E-state index contributed by atoms with van der Waals surface area (Å²) < 4.78 is 33.1. The molecular formula is C28H36F2N4O3. The molecule has 200 valence electrons. The molecule has 1 saturated heterocycles. The minimum Gasteiger partial charge on any atom is -0.385 e. The molecule has 1 aliphatic carbocycles. The van der Waals surface area contributed by atoms with E-state index in [1.165, 1.54) is 12.3 Å². The van der Waals surface area contributed by atoms with E-state index in [0.29, 0.717) is 32.1 Å². The van der Waals surface area contributed by atoms with Gasteiger partial charge in [-0.3, -0.25) is 9.78 Å². The second-order valence-electron chi connectivity index (χ2n) is 11.4. The molecule has 0 spiro atoms. The monoisotopic (exact) mass is 514 g/mol. The largest absolute Gasteiger partial charge is 0.385 e. The Balaban J connectivity index is 1.37. The number of hydrogen-bond acceptors (Lipinski definition) is 6. The van der Waals surface area contributed by atoms with Gasteiger partial charge in [0.1, 0.15) is 11.4 Å². The molecule has 37 heavy (non-hydrogen) atoms. The van der Waals surface area contributed by atoms with E-state index < -0.39 is 22.9 Å². The summed E-state index contributed by atoms with van der Waals surface area (Å²) in [7, 11) is 0. The van der Waals surface area contributed by atoms with Crippen LogP contribution in [0.25, 0.3) is 0 Å². The van der Waals surface area contributed by atoms with E-state index in [-0.39, 0.29) is 23.4 Å². The van der Waals surface area contributed by atoms with Gasteiger partial charge in [0, 0.05) is 48.9 Å². The minimum absolute atomic E-state index is 0.0800. The number of nitrogens with two attached hydrogens (primary N) is 1. The third-order valence-electron chi connectivity index (χ3n) is 8.32. The molecular weight excluding hydrogens is 478 g/mol. The molecule has 0 bridgehead atoms. The summed E-state index contributed by atoms with van der Waals surface area (Å²) in [6.07, 6.45) is 4.12. The number of benzene rings is 1. The van der Waals surface area contributed by atoms with Crippen molar-refractivity contribution in [2.75, 3.05) is 24.7 Å². The average Bonchev–Trinajstić information content (AvgIpc) is 2.83. The highest BCUT2D eigenvalue weighted by Gasteiger charge is 2.48. The summed E-state index contributed by atoms with van der Waals surface area (Å²) in [4.78, 5) is 18.8. The van der Waals surface area contributed by atoms with E-state index in [0.717, 1.165) is 49.1 Å². The smallest absolute Gasteiger partial charge is 0.286 e. The molecule has 0 radical (unpaired) electrons. The molecule has 2 aromatic rings. The van der Waals surface area contributed by atoms with E-state index in [1.54, 1.807) is 6.92 Å². The molecule has 4 N–H and O–H groups in total. The van der Waals surface area contributed by atoms with Crippen molar-refractivity contribution in [3.63, 3.8) is 0 Å². The molecule has 1 aromatic carbocycles. The van der Waals surface area contributed by atoms with Crippen molar-refractivity contribution in [2.45, 2.75) is 75.6 Å². The Morgan fingerprint density at radius 2 is 2.08 bits per heavy atom. The van der Waals surface area contributed by atoms with Crippen molar-refractivity contribution in [1.29, 1.82) is 0 Å². The maximum Gasteiger partial charge on any atom is 0.286 e. The van der Waals surface area contributed by atoms with Crippen molar-refractivity contribution in [1.82, 2.24) is 10.3 Å². The second kappa shape index (κ2) is 9.29. The number of amides is 1. The number of rotatable bonds is 4. The van der Waals surface area contributed by atoms with E-state index in [1.807, 2.05) is 6.07 Å². The third-order valence-corrected chi connectivity index (χ3v) is 8.32. The number of aliphatic hydroxyl groups is 1. The van der Waals surface area contributed by atoms with Crippen molar-refractivity contribution in [3.05, 3.63) is 58.9 Å². The van der Waals surface area contributed by atoms with Gasteiger partial charge in [-0.15, -0.1) is 0 Å². The minimum atomic E-state index is -3.11. The summed E-state index contributed by atoms with van der Waals surface area (Å²) in [6.45, 7) is 6.40. The van der Waals surface area contributed by atoms with E-state index >= 15 is 0 Å². The number of aromatic nitrogens is 1. The van der Waals surface area contributed by atoms with Crippen LogP contribution in [0.4, 0.5) is 14.5 Å². The lowest BCUT2D eigenvalue weighted by molar-refractivity contribution is -0.0300. The fourth-order valence-corrected chi connectivity index (χ4v) is 6.36. The highest BCUT2D eigenvalue weighted by Crippen LogP contribution is 2.47. The van der Waals surface area contributed by atoms with E-state index in [9.17, 15) is 18.7 Å². The Hall–Kier alpha value is -2.62.